The van der Waals surface area contributed by atoms with Gasteiger partial charge in [-0.2, -0.15) is 0 Å². The number of rotatable bonds is 6. The molecule has 1 unspecified atom stereocenters. The summed E-state index contributed by atoms with van der Waals surface area (Å²) in [6, 6.07) is 5.76. The summed E-state index contributed by atoms with van der Waals surface area (Å²) in [5.41, 5.74) is 7.25. The van der Waals surface area contributed by atoms with Gasteiger partial charge in [-0.25, -0.2) is 4.98 Å². The van der Waals surface area contributed by atoms with Gasteiger partial charge in [-0.1, -0.05) is 11.3 Å². The SMILES string of the molecule is COC(CN)CC(=O)Nc1ccc2nc(N3CCOCC3)sc2c1.Cl.Cl. The molecule has 3 rings (SSSR count). The second-order valence-electron chi connectivity index (χ2n) is 5.62. The summed E-state index contributed by atoms with van der Waals surface area (Å²) in [6.07, 6.45) is -0.0164. The lowest BCUT2D eigenvalue weighted by Gasteiger charge is -2.25. The minimum absolute atomic E-state index is 0. The topological polar surface area (TPSA) is 89.7 Å². The molecule has 3 N–H and O–H groups in total. The van der Waals surface area contributed by atoms with Crippen LogP contribution in [0.1, 0.15) is 6.42 Å². The fourth-order valence-electron chi connectivity index (χ4n) is 2.56. The van der Waals surface area contributed by atoms with Crippen LogP contribution in [0.2, 0.25) is 0 Å². The highest BCUT2D eigenvalue weighted by molar-refractivity contribution is 7.22. The van der Waals surface area contributed by atoms with Crippen LogP contribution in [0, 0.1) is 0 Å². The van der Waals surface area contributed by atoms with Gasteiger partial charge in [0.05, 0.1) is 36.0 Å². The molecule has 26 heavy (non-hydrogen) atoms. The molecule has 146 valence electrons. The van der Waals surface area contributed by atoms with Crippen molar-refractivity contribution in [2.75, 3.05) is 50.2 Å². The van der Waals surface area contributed by atoms with Crippen LogP contribution in [0.3, 0.4) is 0 Å². The molecule has 1 aromatic carbocycles. The van der Waals surface area contributed by atoms with E-state index >= 15 is 0 Å². The number of nitrogens with one attached hydrogen (secondary N) is 1. The van der Waals surface area contributed by atoms with E-state index in [4.69, 9.17) is 15.2 Å². The Morgan fingerprint density at radius 1 is 1.42 bits per heavy atom. The molecule has 0 spiro atoms. The van der Waals surface area contributed by atoms with E-state index in [1.54, 1.807) is 18.4 Å². The standard InChI is InChI=1S/C16H22N4O3S.2ClH/c1-22-12(10-17)9-15(21)18-11-2-3-13-14(8-11)24-16(19-13)20-4-6-23-7-5-20;;/h2-3,8,12H,4-7,9-10,17H2,1H3,(H,18,21);2*1H. The number of methoxy groups -OCH3 is 1. The molecule has 1 saturated heterocycles. The second-order valence-corrected chi connectivity index (χ2v) is 6.63. The third kappa shape index (κ3) is 5.67. The molecular weight excluding hydrogens is 399 g/mol. The van der Waals surface area contributed by atoms with Crippen LogP contribution in [0.15, 0.2) is 18.2 Å². The fourth-order valence-corrected chi connectivity index (χ4v) is 3.62. The highest BCUT2D eigenvalue weighted by Gasteiger charge is 2.16. The molecule has 1 amide bonds. The summed E-state index contributed by atoms with van der Waals surface area (Å²) >= 11 is 1.63. The van der Waals surface area contributed by atoms with Gasteiger partial charge in [0, 0.05) is 32.4 Å². The van der Waals surface area contributed by atoms with Gasteiger partial charge in [0.2, 0.25) is 5.91 Å². The lowest BCUT2D eigenvalue weighted by Crippen LogP contribution is -2.36. The molecule has 0 aliphatic carbocycles. The smallest absolute Gasteiger partial charge is 0.227 e. The molecule has 0 radical (unpaired) electrons. The maximum atomic E-state index is 12.0. The summed E-state index contributed by atoms with van der Waals surface area (Å²) in [6.45, 7) is 3.51. The Morgan fingerprint density at radius 2 is 2.15 bits per heavy atom. The van der Waals surface area contributed by atoms with Crippen LogP contribution in [0.5, 0.6) is 0 Å². The zero-order valence-corrected chi connectivity index (χ0v) is 16.9. The first-order valence-electron chi connectivity index (χ1n) is 7.95. The lowest BCUT2D eigenvalue weighted by atomic mass is 10.2. The molecule has 2 aromatic rings. The van der Waals surface area contributed by atoms with Gasteiger partial charge < -0.3 is 25.4 Å². The molecule has 1 aliphatic rings. The van der Waals surface area contributed by atoms with Crippen LogP contribution in [0.4, 0.5) is 10.8 Å². The number of carbonyl (C=O) groups excluding carboxylic acids is 1. The van der Waals surface area contributed by atoms with Crippen LogP contribution in [0.25, 0.3) is 10.2 Å². The van der Waals surface area contributed by atoms with Crippen molar-refractivity contribution in [1.29, 1.82) is 0 Å². The van der Waals surface area contributed by atoms with E-state index in [9.17, 15) is 4.79 Å². The summed E-state index contributed by atoms with van der Waals surface area (Å²) in [4.78, 5) is 19.0. The number of anilines is 2. The first-order chi connectivity index (χ1) is 11.7. The maximum absolute atomic E-state index is 12.0. The first-order valence-corrected chi connectivity index (χ1v) is 8.77. The Morgan fingerprint density at radius 3 is 2.81 bits per heavy atom. The van der Waals surface area contributed by atoms with Crippen molar-refractivity contribution in [3.63, 3.8) is 0 Å². The molecule has 1 aromatic heterocycles. The number of nitrogens with zero attached hydrogens (tertiary/aromatic N) is 2. The quantitative estimate of drug-likeness (QED) is 0.741. The number of morpholine rings is 1. The minimum Gasteiger partial charge on any atom is -0.380 e. The van der Waals surface area contributed by atoms with Crippen LogP contribution in [-0.4, -0.2) is 57.0 Å². The zero-order chi connectivity index (χ0) is 16.9. The number of nitrogens with two attached hydrogens (primary N) is 1. The Bertz CT molecular complexity index is 706. The normalized spacial score (nSPS) is 15.1. The van der Waals surface area contributed by atoms with Crippen LogP contribution >= 0.6 is 36.2 Å². The number of fused-ring (bicyclic) bond motifs is 1. The zero-order valence-electron chi connectivity index (χ0n) is 14.5. The van der Waals surface area contributed by atoms with Gasteiger partial charge in [0.25, 0.3) is 0 Å². The number of hydrogen-bond donors (Lipinski definition) is 2. The first kappa shape index (κ1) is 22.9. The molecule has 0 bridgehead atoms. The van der Waals surface area contributed by atoms with Crippen molar-refractivity contribution >= 4 is 63.1 Å². The number of amides is 1. The van der Waals surface area contributed by atoms with Crippen molar-refractivity contribution in [2.45, 2.75) is 12.5 Å². The average molecular weight is 423 g/mol. The highest BCUT2D eigenvalue weighted by Crippen LogP contribution is 2.31. The van der Waals surface area contributed by atoms with E-state index < -0.39 is 0 Å². The molecule has 1 fully saturated rings. The predicted molar refractivity (Wildman–Crippen MR) is 110 cm³/mol. The van der Waals surface area contributed by atoms with E-state index in [1.807, 2.05) is 18.2 Å². The summed E-state index contributed by atoms with van der Waals surface area (Å²) in [5.74, 6) is -0.107. The summed E-state index contributed by atoms with van der Waals surface area (Å²) in [7, 11) is 1.56. The van der Waals surface area contributed by atoms with Gasteiger partial charge in [-0.05, 0) is 18.2 Å². The fraction of sp³-hybridized carbons (Fsp3) is 0.500. The number of thiazole rings is 1. The molecule has 0 saturated carbocycles. The van der Waals surface area contributed by atoms with E-state index in [-0.39, 0.29) is 43.2 Å². The van der Waals surface area contributed by atoms with Crippen molar-refractivity contribution < 1.29 is 14.3 Å². The van der Waals surface area contributed by atoms with Crippen molar-refractivity contribution in [3.8, 4) is 0 Å². The number of hydrogen-bond acceptors (Lipinski definition) is 7. The largest absolute Gasteiger partial charge is 0.380 e. The average Bonchev–Trinajstić information content (AvgIpc) is 3.03. The van der Waals surface area contributed by atoms with Crippen LogP contribution in [-0.2, 0) is 14.3 Å². The molecular formula is C16H24Cl2N4O3S. The number of benzene rings is 1. The third-order valence-corrected chi connectivity index (χ3v) is 5.03. The minimum atomic E-state index is -0.259. The number of aromatic nitrogens is 1. The highest BCUT2D eigenvalue weighted by atomic mass is 35.5. The van der Waals surface area contributed by atoms with Gasteiger partial charge in [-0.15, -0.1) is 24.8 Å². The van der Waals surface area contributed by atoms with Crippen LogP contribution < -0.4 is 16.0 Å². The molecule has 1 aliphatic heterocycles. The van der Waals surface area contributed by atoms with E-state index in [0.29, 0.717) is 6.54 Å². The van der Waals surface area contributed by atoms with E-state index in [0.717, 1.165) is 47.3 Å². The van der Waals surface area contributed by atoms with Gasteiger partial charge in [0.1, 0.15) is 0 Å². The molecule has 1 atom stereocenters. The van der Waals surface area contributed by atoms with E-state index in [1.165, 1.54) is 0 Å². The van der Waals surface area contributed by atoms with Crippen molar-refractivity contribution in [1.82, 2.24) is 4.98 Å². The Labute approximate surface area is 169 Å². The lowest BCUT2D eigenvalue weighted by molar-refractivity contribution is -0.118. The predicted octanol–water partition coefficient (Wildman–Crippen LogP) is 2.28. The summed E-state index contributed by atoms with van der Waals surface area (Å²) in [5, 5.41) is 3.89. The van der Waals surface area contributed by atoms with Crippen molar-refractivity contribution in [2.24, 2.45) is 5.73 Å². The summed E-state index contributed by atoms with van der Waals surface area (Å²) < 4.78 is 11.6. The molecule has 7 nitrogen and oxygen atoms in total. The van der Waals surface area contributed by atoms with Gasteiger partial charge in [0.15, 0.2) is 5.13 Å². The van der Waals surface area contributed by atoms with Gasteiger partial charge in [-0.3, -0.25) is 4.79 Å². The van der Waals surface area contributed by atoms with Gasteiger partial charge >= 0.3 is 0 Å². The number of halogens is 2. The number of carbonyl (C=O) groups is 1. The second kappa shape index (κ2) is 10.9. The Balaban J connectivity index is 0.00000169. The van der Waals surface area contributed by atoms with E-state index in [2.05, 4.69) is 15.2 Å². The Kier molecular flexibility index (Phi) is 9.56. The maximum Gasteiger partial charge on any atom is 0.227 e. The third-order valence-electron chi connectivity index (χ3n) is 3.95. The number of ether oxygens (including phenoxy) is 2. The monoisotopic (exact) mass is 422 g/mol. The molecule has 10 heteroatoms. The molecule has 2 heterocycles. The van der Waals surface area contributed by atoms with Crippen molar-refractivity contribution in [3.05, 3.63) is 18.2 Å². The Hall–Kier alpha value is -1.16.